The molecule has 6 rings (SSSR count). The lowest BCUT2D eigenvalue weighted by Crippen LogP contribution is -2.51. The van der Waals surface area contributed by atoms with Crippen molar-refractivity contribution in [2.24, 2.45) is 5.92 Å². The van der Waals surface area contributed by atoms with E-state index in [9.17, 15) is 18.3 Å². The average Bonchev–Trinajstić information content (AvgIpc) is 3.73. The van der Waals surface area contributed by atoms with E-state index in [0.29, 0.717) is 25.2 Å². The highest BCUT2D eigenvalue weighted by atomic mass is 32.2. The molecule has 3 fully saturated rings. The van der Waals surface area contributed by atoms with Crippen LogP contribution in [0, 0.1) is 5.92 Å². The number of aliphatic hydroxyl groups excluding tert-OH is 1. The third-order valence-electron chi connectivity index (χ3n) is 9.08. The lowest BCUT2D eigenvalue weighted by Gasteiger charge is -2.32. The van der Waals surface area contributed by atoms with Crippen molar-refractivity contribution in [3.8, 4) is 5.75 Å². The molecule has 12 heteroatoms. The van der Waals surface area contributed by atoms with Gasteiger partial charge in [-0.05, 0) is 48.9 Å². The summed E-state index contributed by atoms with van der Waals surface area (Å²) in [6.45, 7) is 0.621. The largest absolute Gasteiger partial charge is 0.489 e. The lowest BCUT2D eigenvalue weighted by molar-refractivity contribution is -0.156. The van der Waals surface area contributed by atoms with Gasteiger partial charge in [-0.3, -0.25) is 4.84 Å². The Bertz CT molecular complexity index is 1570. The number of hydroxylamine groups is 1. The van der Waals surface area contributed by atoms with E-state index in [0.717, 1.165) is 41.3 Å². The van der Waals surface area contributed by atoms with Gasteiger partial charge in [0.15, 0.2) is 6.29 Å². The van der Waals surface area contributed by atoms with Crippen molar-refractivity contribution in [3.05, 3.63) is 96.1 Å². The summed E-state index contributed by atoms with van der Waals surface area (Å²) in [4.78, 5) is 19.3. The molecule has 1 saturated carbocycles. The molecule has 0 radical (unpaired) electrons. The topological polar surface area (TPSA) is 133 Å². The molecule has 2 heterocycles. The number of fused-ring (bicyclic) bond motifs is 1. The van der Waals surface area contributed by atoms with Crippen LogP contribution < -0.4 is 10.1 Å². The molecule has 3 unspecified atom stereocenters. The molecular weight excluding hydrogens is 636 g/mol. The van der Waals surface area contributed by atoms with Crippen molar-refractivity contribution < 1.29 is 42.1 Å². The van der Waals surface area contributed by atoms with Gasteiger partial charge in [-0.2, -0.15) is 0 Å². The summed E-state index contributed by atoms with van der Waals surface area (Å²) in [6.07, 6.45) is 2.01. The van der Waals surface area contributed by atoms with Crippen molar-refractivity contribution in [2.75, 3.05) is 19.8 Å². The van der Waals surface area contributed by atoms with Crippen LogP contribution >= 0.6 is 0 Å². The van der Waals surface area contributed by atoms with Crippen molar-refractivity contribution >= 4 is 16.1 Å². The standard InChI is InChI=1S/C36H44N2O9S/c39-33(32(21-26-11-4-1-5-12-26)37-36(40)46-34-25-45-35-31(34)19-20-43-35)23-38(47-28-15-8-3-9-16-28)48(41,42)30-18-10-17-29(22-30)44-24-27-13-6-2-7-14-27/h1-2,4-7,10-14,17-18,22,28,31-35,39H,3,8-9,15-16,19-21,23-25H2,(H,37,40)/t31?,32-,33+,34?,35?/m0/s1. The van der Waals surface area contributed by atoms with Crippen LogP contribution in [0.5, 0.6) is 5.75 Å². The average molecular weight is 681 g/mol. The van der Waals surface area contributed by atoms with E-state index in [4.69, 9.17) is 23.8 Å². The highest BCUT2D eigenvalue weighted by Crippen LogP contribution is 2.33. The molecule has 11 nitrogen and oxygen atoms in total. The number of rotatable bonds is 14. The molecule has 5 atom stereocenters. The Morgan fingerprint density at radius 2 is 1.65 bits per heavy atom. The fourth-order valence-corrected chi connectivity index (χ4v) is 7.75. The fraction of sp³-hybridized carbons (Fsp3) is 0.472. The molecule has 1 aliphatic carbocycles. The van der Waals surface area contributed by atoms with Crippen LogP contribution in [0.1, 0.15) is 49.7 Å². The number of carbonyl (C=O) groups is 1. The van der Waals surface area contributed by atoms with E-state index in [2.05, 4.69) is 5.32 Å². The first-order chi connectivity index (χ1) is 23.3. The number of hydrogen-bond acceptors (Lipinski definition) is 9. The highest BCUT2D eigenvalue weighted by Gasteiger charge is 2.44. The number of benzene rings is 3. The summed E-state index contributed by atoms with van der Waals surface area (Å²) in [5.41, 5.74) is 1.80. The van der Waals surface area contributed by atoms with Gasteiger partial charge in [0, 0.05) is 6.07 Å². The van der Waals surface area contributed by atoms with Crippen molar-refractivity contribution in [2.45, 2.75) is 87.1 Å². The summed E-state index contributed by atoms with van der Waals surface area (Å²) >= 11 is 0. The normalized spacial score (nSPS) is 22.6. The van der Waals surface area contributed by atoms with E-state index in [1.165, 1.54) is 12.1 Å². The molecule has 258 valence electrons. The van der Waals surface area contributed by atoms with E-state index in [1.54, 1.807) is 12.1 Å². The number of ether oxygens (including phenoxy) is 4. The predicted octanol–water partition coefficient (Wildman–Crippen LogP) is 4.98. The van der Waals surface area contributed by atoms with E-state index < -0.39 is 40.9 Å². The summed E-state index contributed by atoms with van der Waals surface area (Å²) in [6, 6.07) is 24.3. The summed E-state index contributed by atoms with van der Waals surface area (Å²) in [5.74, 6) is 0.334. The fourth-order valence-electron chi connectivity index (χ4n) is 6.42. The molecule has 0 bridgehead atoms. The Kier molecular flexibility index (Phi) is 11.6. The second-order valence-electron chi connectivity index (χ2n) is 12.6. The van der Waals surface area contributed by atoms with Gasteiger partial charge in [-0.15, -0.1) is 0 Å². The molecule has 2 N–H and O–H groups in total. The maximum absolute atomic E-state index is 14.2. The number of sulfonamides is 1. The molecule has 1 amide bonds. The summed E-state index contributed by atoms with van der Waals surface area (Å²) in [7, 11) is -4.27. The second kappa shape index (κ2) is 16.3. The molecular formula is C36H44N2O9S. The van der Waals surface area contributed by atoms with Gasteiger partial charge >= 0.3 is 6.09 Å². The van der Waals surface area contributed by atoms with Crippen LogP contribution in [0.15, 0.2) is 89.8 Å². The van der Waals surface area contributed by atoms with Gasteiger partial charge < -0.3 is 29.4 Å². The zero-order valence-corrected chi connectivity index (χ0v) is 27.7. The number of carbonyl (C=O) groups excluding carboxylic acids is 1. The third-order valence-corrected chi connectivity index (χ3v) is 10.7. The SMILES string of the molecule is O=C(N[C@@H](Cc1ccccc1)[C@H](O)CN(OC1CCCCC1)S(=O)(=O)c1cccc(OCc2ccccc2)c1)OC1COC2OCCC12. The van der Waals surface area contributed by atoms with Crippen LogP contribution in [-0.4, -0.2) is 74.5 Å². The van der Waals surface area contributed by atoms with Gasteiger partial charge in [0.25, 0.3) is 10.0 Å². The number of alkyl carbamates (subject to hydrolysis) is 1. The zero-order chi connectivity index (χ0) is 33.3. The first-order valence-electron chi connectivity index (χ1n) is 16.7. The minimum absolute atomic E-state index is 0.0300. The van der Waals surface area contributed by atoms with Crippen LogP contribution in [0.3, 0.4) is 0 Å². The lowest BCUT2D eigenvalue weighted by atomic mass is 9.98. The minimum Gasteiger partial charge on any atom is -0.489 e. The third kappa shape index (κ3) is 8.93. The van der Waals surface area contributed by atoms with Crippen molar-refractivity contribution in [3.63, 3.8) is 0 Å². The van der Waals surface area contributed by atoms with Crippen LogP contribution in [0.4, 0.5) is 4.79 Å². The number of aliphatic hydroxyl groups is 1. The van der Waals surface area contributed by atoms with Gasteiger partial charge in [0.2, 0.25) is 0 Å². The first-order valence-corrected chi connectivity index (χ1v) is 18.2. The van der Waals surface area contributed by atoms with Crippen LogP contribution in [0.2, 0.25) is 0 Å². The molecule has 48 heavy (non-hydrogen) atoms. The quantitative estimate of drug-likeness (QED) is 0.226. The Balaban J connectivity index is 1.20. The highest BCUT2D eigenvalue weighted by molar-refractivity contribution is 7.89. The molecule has 2 aliphatic heterocycles. The number of nitrogens with one attached hydrogen (secondary N) is 1. The van der Waals surface area contributed by atoms with E-state index in [-0.39, 0.29) is 42.8 Å². The number of amides is 1. The smallest absolute Gasteiger partial charge is 0.407 e. The first kappa shape index (κ1) is 34.3. The number of nitrogens with zero attached hydrogens (tertiary/aromatic N) is 1. The Hall–Kier alpha value is -3.52. The molecule has 0 spiro atoms. The van der Waals surface area contributed by atoms with E-state index in [1.807, 2.05) is 60.7 Å². The Morgan fingerprint density at radius 1 is 0.917 bits per heavy atom. The maximum Gasteiger partial charge on any atom is 0.407 e. The van der Waals surface area contributed by atoms with Crippen molar-refractivity contribution in [1.29, 1.82) is 0 Å². The zero-order valence-electron chi connectivity index (χ0n) is 26.9. The van der Waals surface area contributed by atoms with Crippen molar-refractivity contribution in [1.82, 2.24) is 9.79 Å². The molecule has 3 aromatic rings. The Labute approximate surface area is 282 Å². The van der Waals surface area contributed by atoms with E-state index >= 15 is 0 Å². The number of hydrogen-bond donors (Lipinski definition) is 2. The molecule has 2 saturated heterocycles. The van der Waals surface area contributed by atoms with Gasteiger partial charge in [0.1, 0.15) is 18.5 Å². The molecule has 0 aromatic heterocycles. The molecule has 3 aromatic carbocycles. The Morgan fingerprint density at radius 3 is 2.40 bits per heavy atom. The monoisotopic (exact) mass is 680 g/mol. The second-order valence-corrected chi connectivity index (χ2v) is 14.4. The van der Waals surface area contributed by atoms with Gasteiger partial charge in [0.05, 0.1) is 48.8 Å². The predicted molar refractivity (Wildman–Crippen MR) is 176 cm³/mol. The molecule has 3 aliphatic rings. The summed E-state index contributed by atoms with van der Waals surface area (Å²) in [5, 5.41) is 14.5. The minimum atomic E-state index is -4.27. The summed E-state index contributed by atoms with van der Waals surface area (Å²) < 4.78 is 52.1. The maximum atomic E-state index is 14.2. The van der Waals surface area contributed by atoms with Crippen LogP contribution in [-0.2, 0) is 42.1 Å². The van der Waals surface area contributed by atoms with Gasteiger partial charge in [-0.25, -0.2) is 13.2 Å². The van der Waals surface area contributed by atoms with Crippen LogP contribution in [0.25, 0.3) is 0 Å². The van der Waals surface area contributed by atoms with Gasteiger partial charge in [-0.1, -0.05) is 90.5 Å².